The first kappa shape index (κ1) is 12.6. The van der Waals surface area contributed by atoms with Gasteiger partial charge in [0, 0.05) is 11.0 Å². The molecule has 2 heteroatoms. The number of carbonyl (C=O) groups is 1. The monoisotopic (exact) mass is 272 g/mol. The fourth-order valence-electron chi connectivity index (χ4n) is 5.48. The predicted molar refractivity (Wildman–Crippen MR) is 76.1 cm³/mol. The number of benzene rings is 1. The molecule has 0 N–H and O–H groups in total. The number of hydrogen-bond acceptors (Lipinski definition) is 1. The maximum atomic E-state index is 13.4. The second kappa shape index (κ2) is 4.16. The second-order valence-corrected chi connectivity index (χ2v) is 7.49. The van der Waals surface area contributed by atoms with Gasteiger partial charge in [-0.1, -0.05) is 0 Å². The first-order valence-corrected chi connectivity index (χ1v) is 7.87. The molecule has 4 bridgehead atoms. The molecule has 4 aliphatic rings. The molecule has 1 aromatic rings. The average Bonchev–Trinajstić information content (AvgIpc) is 2.39. The third-order valence-electron chi connectivity index (χ3n) is 5.94. The molecule has 5 rings (SSSR count). The summed E-state index contributed by atoms with van der Waals surface area (Å²) in [6, 6.07) is 4.88. The summed E-state index contributed by atoms with van der Waals surface area (Å²) >= 11 is 0. The summed E-state index contributed by atoms with van der Waals surface area (Å²) in [5.74, 6) is 2.39. The first-order chi connectivity index (χ1) is 9.56. The van der Waals surface area contributed by atoms with E-state index in [0.717, 1.165) is 42.6 Å². The van der Waals surface area contributed by atoms with Crippen molar-refractivity contribution in [2.75, 3.05) is 0 Å². The van der Waals surface area contributed by atoms with E-state index in [1.807, 2.05) is 0 Å². The van der Waals surface area contributed by atoms with Gasteiger partial charge in [-0.05, 0) is 87.0 Å². The number of carbonyl (C=O) groups excluding carboxylic acids is 1. The molecule has 0 heterocycles. The molecule has 1 aromatic carbocycles. The normalized spacial score (nSPS) is 38.2. The summed E-state index contributed by atoms with van der Waals surface area (Å²) < 4.78 is 13.4. The molecule has 1 nitrogen and oxygen atoms in total. The maximum Gasteiger partial charge on any atom is 0.169 e. The van der Waals surface area contributed by atoms with Gasteiger partial charge in [-0.25, -0.2) is 4.39 Å². The van der Waals surface area contributed by atoms with E-state index in [-0.39, 0.29) is 11.2 Å². The van der Waals surface area contributed by atoms with Crippen LogP contribution in [-0.4, -0.2) is 5.78 Å². The maximum absolute atomic E-state index is 13.4. The number of hydrogen-bond donors (Lipinski definition) is 0. The molecule has 0 aliphatic heterocycles. The Labute approximate surface area is 119 Å². The first-order valence-electron chi connectivity index (χ1n) is 7.87. The highest BCUT2D eigenvalue weighted by atomic mass is 19.1. The van der Waals surface area contributed by atoms with Crippen LogP contribution in [0.4, 0.5) is 4.39 Å². The van der Waals surface area contributed by atoms with Crippen molar-refractivity contribution in [2.24, 2.45) is 23.2 Å². The van der Waals surface area contributed by atoms with Gasteiger partial charge >= 0.3 is 0 Å². The Morgan fingerprint density at radius 2 is 1.65 bits per heavy atom. The Morgan fingerprint density at radius 1 is 1.10 bits per heavy atom. The Kier molecular flexibility index (Phi) is 2.61. The van der Waals surface area contributed by atoms with E-state index in [1.165, 1.54) is 25.3 Å². The van der Waals surface area contributed by atoms with Crippen molar-refractivity contribution in [3.63, 3.8) is 0 Å². The summed E-state index contributed by atoms with van der Waals surface area (Å²) in [7, 11) is 0. The third-order valence-corrected chi connectivity index (χ3v) is 5.94. The van der Waals surface area contributed by atoms with Gasteiger partial charge in [-0.2, -0.15) is 0 Å². The summed E-state index contributed by atoms with van der Waals surface area (Å²) in [6.45, 7) is 1.74. The quantitative estimate of drug-likeness (QED) is 0.723. The van der Waals surface area contributed by atoms with Crippen LogP contribution in [0.15, 0.2) is 18.2 Å². The topological polar surface area (TPSA) is 17.1 Å². The lowest BCUT2D eigenvalue weighted by Gasteiger charge is -2.56. The van der Waals surface area contributed by atoms with Crippen LogP contribution in [0.25, 0.3) is 0 Å². The number of aryl methyl sites for hydroxylation is 1. The van der Waals surface area contributed by atoms with Crippen molar-refractivity contribution >= 4 is 5.78 Å². The zero-order valence-electron chi connectivity index (χ0n) is 12.0. The largest absolute Gasteiger partial charge is 0.294 e. The van der Waals surface area contributed by atoms with Gasteiger partial charge in [0.05, 0.1) is 0 Å². The Balaban J connectivity index is 1.69. The van der Waals surface area contributed by atoms with Crippen LogP contribution < -0.4 is 0 Å². The van der Waals surface area contributed by atoms with Crippen LogP contribution in [-0.2, 0) is 0 Å². The molecular weight excluding hydrogens is 251 g/mol. The van der Waals surface area contributed by atoms with Gasteiger partial charge < -0.3 is 0 Å². The molecule has 4 aliphatic carbocycles. The van der Waals surface area contributed by atoms with Crippen molar-refractivity contribution in [3.05, 3.63) is 35.1 Å². The van der Waals surface area contributed by atoms with E-state index in [4.69, 9.17) is 0 Å². The molecule has 4 saturated carbocycles. The Morgan fingerprint density at radius 3 is 2.15 bits per heavy atom. The average molecular weight is 272 g/mol. The summed E-state index contributed by atoms with van der Waals surface area (Å²) in [5.41, 5.74) is 1.20. The molecule has 0 spiro atoms. The third kappa shape index (κ3) is 1.77. The van der Waals surface area contributed by atoms with E-state index in [2.05, 4.69) is 0 Å². The highest BCUT2D eigenvalue weighted by molar-refractivity contribution is 6.01. The van der Waals surface area contributed by atoms with Crippen LogP contribution in [0.1, 0.15) is 54.4 Å². The lowest BCUT2D eigenvalue weighted by atomic mass is 9.48. The molecular formula is C18H21FO. The zero-order chi connectivity index (χ0) is 13.9. The van der Waals surface area contributed by atoms with E-state index < -0.39 is 0 Å². The number of rotatable bonds is 2. The van der Waals surface area contributed by atoms with Gasteiger partial charge in [0.25, 0.3) is 0 Å². The van der Waals surface area contributed by atoms with Gasteiger partial charge in [-0.15, -0.1) is 0 Å². The van der Waals surface area contributed by atoms with Crippen LogP contribution in [0.5, 0.6) is 0 Å². The minimum Gasteiger partial charge on any atom is -0.294 e. The van der Waals surface area contributed by atoms with Crippen LogP contribution in [0.2, 0.25) is 0 Å². The lowest BCUT2D eigenvalue weighted by molar-refractivity contribution is -0.0353. The van der Waals surface area contributed by atoms with Gasteiger partial charge in [0.1, 0.15) is 5.82 Å². The van der Waals surface area contributed by atoms with Crippen LogP contribution in [0.3, 0.4) is 0 Å². The fraction of sp³-hybridized carbons (Fsp3) is 0.611. The molecule has 20 heavy (non-hydrogen) atoms. The minimum atomic E-state index is -0.216. The van der Waals surface area contributed by atoms with Gasteiger partial charge in [0.15, 0.2) is 5.78 Å². The molecule has 106 valence electrons. The second-order valence-electron chi connectivity index (χ2n) is 7.49. The number of ketones is 1. The molecule has 0 radical (unpaired) electrons. The molecule has 0 unspecified atom stereocenters. The van der Waals surface area contributed by atoms with E-state index >= 15 is 0 Å². The Hall–Kier alpha value is -1.18. The summed E-state index contributed by atoms with van der Waals surface area (Å²) in [4.78, 5) is 13.0. The van der Waals surface area contributed by atoms with Crippen LogP contribution in [0, 0.1) is 35.9 Å². The highest BCUT2D eigenvalue weighted by Crippen LogP contribution is 2.60. The molecule has 0 atom stereocenters. The summed E-state index contributed by atoms with van der Waals surface area (Å²) in [5, 5.41) is 0. The molecule has 0 amide bonds. The van der Waals surface area contributed by atoms with Crippen molar-refractivity contribution in [1.82, 2.24) is 0 Å². The van der Waals surface area contributed by atoms with E-state index in [1.54, 1.807) is 19.1 Å². The lowest BCUT2D eigenvalue weighted by Crippen LogP contribution is -2.50. The SMILES string of the molecule is Cc1cc(C(=O)C23CC4CC(CC(C4)C2)C3)ccc1F. The van der Waals surface area contributed by atoms with Crippen molar-refractivity contribution < 1.29 is 9.18 Å². The van der Waals surface area contributed by atoms with Crippen molar-refractivity contribution in [3.8, 4) is 0 Å². The summed E-state index contributed by atoms with van der Waals surface area (Å²) in [6.07, 6.45) is 7.26. The van der Waals surface area contributed by atoms with Gasteiger partial charge in [-0.3, -0.25) is 4.79 Å². The highest BCUT2D eigenvalue weighted by Gasteiger charge is 2.54. The van der Waals surface area contributed by atoms with E-state index in [0.29, 0.717) is 11.3 Å². The van der Waals surface area contributed by atoms with Crippen molar-refractivity contribution in [1.29, 1.82) is 0 Å². The molecule has 0 saturated heterocycles. The Bertz CT molecular complexity index is 539. The number of Topliss-reactive ketones (excluding diaryl/α,β-unsaturated/α-hetero) is 1. The van der Waals surface area contributed by atoms with Crippen molar-refractivity contribution in [2.45, 2.75) is 45.4 Å². The van der Waals surface area contributed by atoms with Crippen LogP contribution >= 0.6 is 0 Å². The van der Waals surface area contributed by atoms with Gasteiger partial charge in [0.2, 0.25) is 0 Å². The predicted octanol–water partition coefficient (Wildman–Crippen LogP) is 4.53. The fourth-order valence-corrected chi connectivity index (χ4v) is 5.48. The number of halogens is 1. The standard InChI is InChI=1S/C18H21FO/c1-11-4-15(2-3-16(11)19)17(20)18-8-12-5-13(9-18)7-14(6-12)10-18/h2-4,12-14H,5-10H2,1H3. The molecule has 4 fully saturated rings. The smallest absolute Gasteiger partial charge is 0.169 e. The molecule has 0 aromatic heterocycles. The minimum absolute atomic E-state index is 0.112. The zero-order valence-corrected chi connectivity index (χ0v) is 12.0. The van der Waals surface area contributed by atoms with E-state index in [9.17, 15) is 9.18 Å².